The number of hydrogen-bond acceptors (Lipinski definition) is 2. The van der Waals surface area contributed by atoms with Crippen molar-refractivity contribution in [2.45, 2.75) is 51.8 Å². The van der Waals surface area contributed by atoms with Gasteiger partial charge in [0.25, 0.3) is 5.91 Å². The zero-order valence-electron chi connectivity index (χ0n) is 14.3. The van der Waals surface area contributed by atoms with Gasteiger partial charge in [0.15, 0.2) is 0 Å². The third-order valence-corrected chi connectivity index (χ3v) is 5.04. The molecule has 1 amide bonds. The summed E-state index contributed by atoms with van der Waals surface area (Å²) in [5, 5.41) is 13.6. The van der Waals surface area contributed by atoms with Crippen LogP contribution in [0.25, 0.3) is 0 Å². The number of nitrogens with one attached hydrogen (secondary N) is 1. The third kappa shape index (κ3) is 4.11. The second-order valence-electron chi connectivity index (χ2n) is 7.25. The minimum atomic E-state index is -1.39. The minimum Gasteiger partial charge on any atom is -0.380 e. The predicted molar refractivity (Wildman–Crippen MR) is 89.6 cm³/mol. The van der Waals surface area contributed by atoms with Gasteiger partial charge in [0.1, 0.15) is 11.8 Å². The van der Waals surface area contributed by atoms with E-state index in [0.29, 0.717) is 17.9 Å². The van der Waals surface area contributed by atoms with Gasteiger partial charge in [-0.25, -0.2) is 4.39 Å². The molecule has 1 aliphatic rings. The molecule has 1 aliphatic carbocycles. The molecule has 0 aromatic heterocycles. The van der Waals surface area contributed by atoms with Crippen molar-refractivity contribution in [3.63, 3.8) is 0 Å². The summed E-state index contributed by atoms with van der Waals surface area (Å²) in [6, 6.07) is 8.77. The number of carbonyl (C=O) groups excluding carboxylic acids is 1. The average Bonchev–Trinajstić information content (AvgIpc) is 2.52. The molecule has 2 unspecified atom stereocenters. The Morgan fingerprint density at radius 3 is 2.61 bits per heavy atom. The van der Waals surface area contributed by atoms with E-state index in [0.717, 1.165) is 12.8 Å². The number of benzene rings is 1. The summed E-state index contributed by atoms with van der Waals surface area (Å²) >= 11 is 0. The highest BCUT2D eigenvalue weighted by Gasteiger charge is 2.48. The van der Waals surface area contributed by atoms with Crippen LogP contribution in [0.5, 0.6) is 0 Å². The van der Waals surface area contributed by atoms with E-state index in [-0.39, 0.29) is 18.4 Å². The van der Waals surface area contributed by atoms with Gasteiger partial charge in [-0.1, -0.05) is 57.5 Å². The minimum absolute atomic E-state index is 0.0755. The fourth-order valence-corrected chi connectivity index (χ4v) is 3.75. The second kappa shape index (κ2) is 7.43. The lowest BCUT2D eigenvalue weighted by Crippen LogP contribution is -2.56. The quantitative estimate of drug-likeness (QED) is 0.870. The van der Waals surface area contributed by atoms with Crippen LogP contribution in [0.15, 0.2) is 30.3 Å². The van der Waals surface area contributed by atoms with Crippen molar-refractivity contribution in [2.24, 2.45) is 17.8 Å². The molecule has 0 spiro atoms. The van der Waals surface area contributed by atoms with E-state index in [2.05, 4.69) is 12.2 Å². The number of amides is 1. The van der Waals surface area contributed by atoms with Crippen LogP contribution in [0.2, 0.25) is 0 Å². The Morgan fingerprint density at radius 1 is 1.35 bits per heavy atom. The van der Waals surface area contributed by atoms with Gasteiger partial charge < -0.3 is 10.4 Å². The monoisotopic (exact) mass is 321 g/mol. The van der Waals surface area contributed by atoms with Gasteiger partial charge in [-0.3, -0.25) is 4.79 Å². The van der Waals surface area contributed by atoms with Gasteiger partial charge in [-0.2, -0.15) is 0 Å². The molecule has 0 aliphatic heterocycles. The molecule has 128 valence electrons. The van der Waals surface area contributed by atoms with Gasteiger partial charge in [0, 0.05) is 0 Å². The second-order valence-corrected chi connectivity index (χ2v) is 7.25. The number of alkyl halides is 1. The fourth-order valence-electron chi connectivity index (χ4n) is 3.75. The first-order chi connectivity index (χ1) is 10.8. The first-order valence-electron chi connectivity index (χ1n) is 8.54. The Hall–Kier alpha value is -1.42. The maximum absolute atomic E-state index is 14.2. The van der Waals surface area contributed by atoms with Crippen LogP contribution in [0.4, 0.5) is 4.39 Å². The Kier molecular flexibility index (Phi) is 5.79. The van der Waals surface area contributed by atoms with E-state index in [1.807, 2.05) is 19.9 Å². The summed E-state index contributed by atoms with van der Waals surface area (Å²) in [6.45, 7) is 6.00. The first kappa shape index (κ1) is 17.9. The molecule has 0 bridgehead atoms. The Balaban J connectivity index is 2.02. The molecule has 0 saturated heterocycles. The highest BCUT2D eigenvalue weighted by Crippen LogP contribution is 2.41. The maximum Gasteiger partial charge on any atom is 0.252 e. The summed E-state index contributed by atoms with van der Waals surface area (Å²) in [5.74, 6) is 0.0133. The Bertz CT molecular complexity index is 519. The topological polar surface area (TPSA) is 49.3 Å². The van der Waals surface area contributed by atoms with Gasteiger partial charge >= 0.3 is 0 Å². The van der Waals surface area contributed by atoms with Crippen LogP contribution >= 0.6 is 0 Å². The Morgan fingerprint density at radius 2 is 2.00 bits per heavy atom. The van der Waals surface area contributed by atoms with Crippen LogP contribution in [-0.2, 0) is 4.79 Å². The van der Waals surface area contributed by atoms with Crippen molar-refractivity contribution in [1.82, 2.24) is 5.32 Å². The van der Waals surface area contributed by atoms with E-state index in [1.165, 1.54) is 0 Å². The highest BCUT2D eigenvalue weighted by molar-refractivity contribution is 5.85. The Labute approximate surface area is 138 Å². The molecule has 1 fully saturated rings. The van der Waals surface area contributed by atoms with Gasteiger partial charge in [0.05, 0.1) is 6.54 Å². The third-order valence-electron chi connectivity index (χ3n) is 5.04. The van der Waals surface area contributed by atoms with E-state index < -0.39 is 17.7 Å². The van der Waals surface area contributed by atoms with Crippen molar-refractivity contribution in [3.8, 4) is 0 Å². The van der Waals surface area contributed by atoms with Crippen molar-refractivity contribution in [3.05, 3.63) is 35.9 Å². The van der Waals surface area contributed by atoms with E-state index in [1.54, 1.807) is 24.3 Å². The van der Waals surface area contributed by atoms with Crippen molar-refractivity contribution in [1.29, 1.82) is 0 Å². The highest BCUT2D eigenvalue weighted by atomic mass is 19.1. The van der Waals surface area contributed by atoms with Crippen LogP contribution in [0.3, 0.4) is 0 Å². The van der Waals surface area contributed by atoms with Crippen LogP contribution in [-0.4, -0.2) is 23.2 Å². The molecular weight excluding hydrogens is 293 g/mol. The van der Waals surface area contributed by atoms with E-state index in [4.69, 9.17) is 0 Å². The number of aliphatic hydroxyl groups is 1. The molecule has 3 nitrogen and oxygen atoms in total. The van der Waals surface area contributed by atoms with Crippen LogP contribution in [0.1, 0.15) is 51.8 Å². The van der Waals surface area contributed by atoms with Crippen molar-refractivity contribution < 1.29 is 14.3 Å². The molecule has 2 rings (SSSR count). The van der Waals surface area contributed by atoms with Crippen LogP contribution < -0.4 is 5.32 Å². The summed E-state index contributed by atoms with van der Waals surface area (Å²) in [4.78, 5) is 12.6. The SMILES string of the molecule is CC1CCC(C(C)C)[C@@](O)(C(=O)NC[C@@H](F)c2ccccc2)C1. The van der Waals surface area contributed by atoms with Gasteiger partial charge in [-0.15, -0.1) is 0 Å². The number of halogens is 1. The molecule has 0 radical (unpaired) electrons. The normalized spacial score (nSPS) is 29.3. The molecule has 1 aromatic carbocycles. The van der Waals surface area contributed by atoms with E-state index >= 15 is 0 Å². The van der Waals surface area contributed by atoms with E-state index in [9.17, 15) is 14.3 Å². The molecule has 2 N–H and O–H groups in total. The summed E-state index contributed by atoms with van der Waals surface area (Å²) in [5.41, 5.74) is -0.848. The zero-order valence-corrected chi connectivity index (χ0v) is 14.3. The first-order valence-corrected chi connectivity index (χ1v) is 8.54. The van der Waals surface area contributed by atoms with Crippen LogP contribution in [0, 0.1) is 17.8 Å². The number of hydrogen-bond donors (Lipinski definition) is 2. The number of carbonyl (C=O) groups is 1. The molecule has 4 atom stereocenters. The number of rotatable bonds is 5. The lowest BCUT2D eigenvalue weighted by molar-refractivity contribution is -0.156. The van der Waals surface area contributed by atoms with Crippen molar-refractivity contribution >= 4 is 5.91 Å². The smallest absolute Gasteiger partial charge is 0.252 e. The molecule has 1 saturated carbocycles. The average molecular weight is 321 g/mol. The molecule has 4 heteroatoms. The molecular formula is C19H28FNO2. The summed E-state index contributed by atoms with van der Waals surface area (Å²) in [7, 11) is 0. The maximum atomic E-state index is 14.2. The standard InChI is InChI=1S/C19H28FNO2/c1-13(2)16-10-9-14(3)11-19(16,23)18(22)21-12-17(20)15-7-5-4-6-8-15/h4-8,13-14,16-17,23H,9-12H2,1-3H3,(H,21,22)/t14?,16?,17-,19-/m1/s1. The van der Waals surface area contributed by atoms with Gasteiger partial charge in [0.2, 0.25) is 0 Å². The lowest BCUT2D eigenvalue weighted by atomic mass is 9.66. The zero-order chi connectivity index (χ0) is 17.0. The van der Waals surface area contributed by atoms with Gasteiger partial charge in [-0.05, 0) is 36.2 Å². The largest absolute Gasteiger partial charge is 0.380 e. The molecule has 23 heavy (non-hydrogen) atoms. The summed E-state index contributed by atoms with van der Waals surface area (Å²) in [6.07, 6.45) is 1.04. The lowest BCUT2D eigenvalue weighted by Gasteiger charge is -2.43. The summed E-state index contributed by atoms with van der Waals surface area (Å²) < 4.78 is 14.2. The molecule has 1 aromatic rings. The fraction of sp³-hybridized carbons (Fsp3) is 0.632. The van der Waals surface area contributed by atoms with Crippen molar-refractivity contribution in [2.75, 3.05) is 6.54 Å². The molecule has 0 heterocycles. The predicted octanol–water partition coefficient (Wildman–Crippen LogP) is 3.64.